The molecule has 0 saturated heterocycles. The molecule has 3 rings (SSSR count). The molecule has 0 bridgehead atoms. The van der Waals surface area contributed by atoms with Gasteiger partial charge in [-0.1, -0.05) is 39.2 Å². The first-order valence-corrected chi connectivity index (χ1v) is 11.3. The highest BCUT2D eigenvalue weighted by molar-refractivity contribution is 5.96. The van der Waals surface area contributed by atoms with E-state index in [1.54, 1.807) is 48.5 Å². The first kappa shape index (κ1) is 23.3. The summed E-state index contributed by atoms with van der Waals surface area (Å²) in [6.07, 6.45) is 5.70. The van der Waals surface area contributed by atoms with Crippen LogP contribution < -0.4 is 21.3 Å². The van der Waals surface area contributed by atoms with Gasteiger partial charge in [-0.3, -0.25) is 14.4 Å². The molecular weight excluding hydrogens is 404 g/mol. The number of hydrogen-bond acceptors (Lipinski definition) is 4. The Balaban J connectivity index is 1.46. The van der Waals surface area contributed by atoms with E-state index in [1.165, 1.54) is 19.3 Å². The topological polar surface area (TPSA) is 99.3 Å². The Hall–Kier alpha value is -3.35. The Morgan fingerprint density at radius 2 is 1.53 bits per heavy atom. The number of rotatable bonds is 8. The second-order valence-corrected chi connectivity index (χ2v) is 8.51. The number of anilines is 3. The predicted molar refractivity (Wildman–Crippen MR) is 128 cm³/mol. The molecule has 0 atom stereocenters. The molecule has 0 heterocycles. The third kappa shape index (κ3) is 7.11. The Morgan fingerprint density at radius 1 is 0.875 bits per heavy atom. The molecule has 2 aromatic carbocycles. The number of benzene rings is 2. The standard InChI is InChI=1S/C25H32N4O3/c1-17(2)24(31)29-22-10-6-9-21(15-22)27-23(30)16-26-19-13-11-18(12-14-19)25(32)28-20-7-4-3-5-8-20/h6,9-15,17,20,26H,3-5,7-8,16H2,1-2H3,(H,27,30)(H,28,32)(H,29,31). The SMILES string of the molecule is CC(C)C(=O)Nc1cccc(NC(=O)CNc2ccc(C(=O)NC3CCCCC3)cc2)c1. The van der Waals surface area contributed by atoms with Gasteiger partial charge in [-0.2, -0.15) is 0 Å². The van der Waals surface area contributed by atoms with Crippen molar-refractivity contribution in [2.75, 3.05) is 22.5 Å². The highest BCUT2D eigenvalue weighted by atomic mass is 16.2. The smallest absolute Gasteiger partial charge is 0.251 e. The van der Waals surface area contributed by atoms with Crippen LogP contribution in [-0.4, -0.2) is 30.3 Å². The van der Waals surface area contributed by atoms with Crippen LogP contribution in [0.2, 0.25) is 0 Å². The van der Waals surface area contributed by atoms with Crippen LogP contribution >= 0.6 is 0 Å². The van der Waals surface area contributed by atoms with Gasteiger partial charge in [0.2, 0.25) is 11.8 Å². The number of carbonyl (C=O) groups is 3. The van der Waals surface area contributed by atoms with Crippen molar-refractivity contribution in [3.05, 3.63) is 54.1 Å². The lowest BCUT2D eigenvalue weighted by molar-refractivity contribution is -0.119. The van der Waals surface area contributed by atoms with Gasteiger partial charge in [-0.05, 0) is 55.3 Å². The minimum Gasteiger partial charge on any atom is -0.376 e. The van der Waals surface area contributed by atoms with E-state index in [9.17, 15) is 14.4 Å². The van der Waals surface area contributed by atoms with Crippen LogP contribution in [0.25, 0.3) is 0 Å². The summed E-state index contributed by atoms with van der Waals surface area (Å²) in [4.78, 5) is 36.5. The molecule has 4 N–H and O–H groups in total. The van der Waals surface area contributed by atoms with Crippen molar-refractivity contribution in [1.29, 1.82) is 0 Å². The first-order chi connectivity index (χ1) is 15.4. The maximum Gasteiger partial charge on any atom is 0.251 e. The molecular formula is C25H32N4O3. The Bertz CT molecular complexity index is 934. The normalized spacial score (nSPS) is 14.0. The molecule has 0 aliphatic heterocycles. The van der Waals surface area contributed by atoms with E-state index < -0.39 is 0 Å². The van der Waals surface area contributed by atoms with Crippen LogP contribution in [-0.2, 0) is 9.59 Å². The molecule has 7 heteroatoms. The molecule has 3 amide bonds. The van der Waals surface area contributed by atoms with Crippen molar-refractivity contribution in [1.82, 2.24) is 5.32 Å². The van der Waals surface area contributed by atoms with E-state index in [1.807, 2.05) is 13.8 Å². The quantitative estimate of drug-likeness (QED) is 0.493. The summed E-state index contributed by atoms with van der Waals surface area (Å²) >= 11 is 0. The summed E-state index contributed by atoms with van der Waals surface area (Å²) in [5.74, 6) is -0.463. The summed E-state index contributed by atoms with van der Waals surface area (Å²) in [7, 11) is 0. The number of hydrogen-bond donors (Lipinski definition) is 4. The van der Waals surface area contributed by atoms with E-state index >= 15 is 0 Å². The van der Waals surface area contributed by atoms with Gasteiger partial charge in [-0.15, -0.1) is 0 Å². The second kappa shape index (κ2) is 11.3. The van der Waals surface area contributed by atoms with Crippen LogP contribution in [0, 0.1) is 5.92 Å². The highest BCUT2D eigenvalue weighted by Crippen LogP contribution is 2.19. The molecule has 1 aliphatic carbocycles. The molecule has 2 aromatic rings. The lowest BCUT2D eigenvalue weighted by Gasteiger charge is -2.22. The Kier molecular flexibility index (Phi) is 8.25. The molecule has 170 valence electrons. The molecule has 1 saturated carbocycles. The van der Waals surface area contributed by atoms with Crippen LogP contribution in [0.1, 0.15) is 56.3 Å². The number of carbonyl (C=O) groups excluding carboxylic acids is 3. The average Bonchev–Trinajstić information content (AvgIpc) is 2.79. The summed E-state index contributed by atoms with van der Waals surface area (Å²) in [6.45, 7) is 3.72. The second-order valence-electron chi connectivity index (χ2n) is 8.51. The van der Waals surface area contributed by atoms with Crippen LogP contribution in [0.15, 0.2) is 48.5 Å². The predicted octanol–water partition coefficient (Wildman–Crippen LogP) is 4.39. The van der Waals surface area contributed by atoms with Gasteiger partial charge in [0.05, 0.1) is 6.54 Å². The van der Waals surface area contributed by atoms with Crippen molar-refractivity contribution in [3.63, 3.8) is 0 Å². The van der Waals surface area contributed by atoms with Crippen molar-refractivity contribution >= 4 is 34.8 Å². The zero-order valence-corrected chi connectivity index (χ0v) is 18.7. The van der Waals surface area contributed by atoms with Gasteiger partial charge in [0.25, 0.3) is 5.91 Å². The summed E-state index contributed by atoms with van der Waals surface area (Å²) in [5.41, 5.74) is 2.61. The van der Waals surface area contributed by atoms with E-state index in [0.717, 1.165) is 18.5 Å². The van der Waals surface area contributed by atoms with Crippen molar-refractivity contribution < 1.29 is 14.4 Å². The first-order valence-electron chi connectivity index (χ1n) is 11.3. The molecule has 0 aromatic heterocycles. The summed E-state index contributed by atoms with van der Waals surface area (Å²) < 4.78 is 0. The zero-order chi connectivity index (χ0) is 22.9. The van der Waals surface area contributed by atoms with E-state index in [-0.39, 0.29) is 36.2 Å². The monoisotopic (exact) mass is 436 g/mol. The fourth-order valence-electron chi connectivity index (χ4n) is 3.60. The molecule has 1 aliphatic rings. The van der Waals surface area contributed by atoms with Crippen LogP contribution in [0.5, 0.6) is 0 Å². The fraction of sp³-hybridized carbons (Fsp3) is 0.400. The third-order valence-corrected chi connectivity index (χ3v) is 5.48. The van der Waals surface area contributed by atoms with Crippen LogP contribution in [0.4, 0.5) is 17.1 Å². The largest absolute Gasteiger partial charge is 0.376 e. The molecule has 1 fully saturated rings. The van der Waals surface area contributed by atoms with Crippen LogP contribution in [0.3, 0.4) is 0 Å². The van der Waals surface area contributed by atoms with Gasteiger partial charge in [0.15, 0.2) is 0 Å². The number of amides is 3. The van der Waals surface area contributed by atoms with Crippen molar-refractivity contribution in [3.8, 4) is 0 Å². The Morgan fingerprint density at radius 3 is 2.19 bits per heavy atom. The third-order valence-electron chi connectivity index (χ3n) is 5.48. The van der Waals surface area contributed by atoms with Gasteiger partial charge >= 0.3 is 0 Å². The van der Waals surface area contributed by atoms with E-state index in [2.05, 4.69) is 21.3 Å². The van der Waals surface area contributed by atoms with Gasteiger partial charge < -0.3 is 21.3 Å². The Labute approximate surface area is 189 Å². The number of nitrogens with one attached hydrogen (secondary N) is 4. The maximum atomic E-state index is 12.4. The molecule has 0 radical (unpaired) electrons. The summed E-state index contributed by atoms with van der Waals surface area (Å²) in [5, 5.41) is 11.8. The lowest BCUT2D eigenvalue weighted by Crippen LogP contribution is -2.36. The molecule has 32 heavy (non-hydrogen) atoms. The lowest BCUT2D eigenvalue weighted by atomic mass is 9.95. The van der Waals surface area contributed by atoms with Crippen molar-refractivity contribution in [2.24, 2.45) is 5.92 Å². The van der Waals surface area contributed by atoms with E-state index in [4.69, 9.17) is 0 Å². The minimum atomic E-state index is -0.212. The fourth-order valence-corrected chi connectivity index (χ4v) is 3.60. The molecule has 0 spiro atoms. The maximum absolute atomic E-state index is 12.4. The van der Waals surface area contributed by atoms with Gasteiger partial charge in [0, 0.05) is 34.6 Å². The van der Waals surface area contributed by atoms with Crippen molar-refractivity contribution in [2.45, 2.75) is 52.0 Å². The molecule has 7 nitrogen and oxygen atoms in total. The average molecular weight is 437 g/mol. The highest BCUT2D eigenvalue weighted by Gasteiger charge is 2.16. The molecule has 0 unspecified atom stereocenters. The zero-order valence-electron chi connectivity index (χ0n) is 18.7. The van der Waals surface area contributed by atoms with E-state index in [0.29, 0.717) is 16.9 Å². The summed E-state index contributed by atoms with van der Waals surface area (Å²) in [6, 6.07) is 14.4. The van der Waals surface area contributed by atoms with Gasteiger partial charge in [-0.25, -0.2) is 0 Å². The minimum absolute atomic E-state index is 0.0503. The van der Waals surface area contributed by atoms with Gasteiger partial charge in [0.1, 0.15) is 0 Å².